The molecule has 0 amide bonds. The van der Waals surface area contributed by atoms with Crippen LogP contribution in [0.5, 0.6) is 0 Å². The molecule has 1 aliphatic heterocycles. The molecule has 1 aliphatic carbocycles. The summed E-state index contributed by atoms with van der Waals surface area (Å²) in [7, 11) is 0. The number of piperazine rings is 1. The van der Waals surface area contributed by atoms with Crippen molar-refractivity contribution in [3.63, 3.8) is 0 Å². The van der Waals surface area contributed by atoms with E-state index < -0.39 is 0 Å². The van der Waals surface area contributed by atoms with E-state index in [1.54, 1.807) is 0 Å². The van der Waals surface area contributed by atoms with E-state index in [-0.39, 0.29) is 0 Å². The number of nitrogens with one attached hydrogen (secondary N) is 1. The van der Waals surface area contributed by atoms with Gasteiger partial charge in [-0.05, 0) is 32.1 Å². The second-order valence-corrected chi connectivity index (χ2v) is 5.09. The van der Waals surface area contributed by atoms with E-state index in [2.05, 4.69) is 24.1 Å². The lowest BCUT2D eigenvalue weighted by Gasteiger charge is -2.36. The summed E-state index contributed by atoms with van der Waals surface area (Å²) in [6.45, 7) is 8.37. The SMILES string of the molecule is CCC1CCC(N2CCNC(C)C2)C1. The first-order valence-electron chi connectivity index (χ1n) is 6.27. The quantitative estimate of drug-likeness (QED) is 0.725. The average Bonchev–Trinajstić information content (AvgIpc) is 2.66. The van der Waals surface area contributed by atoms with Crippen LogP contribution in [0.25, 0.3) is 0 Å². The highest BCUT2D eigenvalue weighted by molar-refractivity contribution is 4.86. The third kappa shape index (κ3) is 2.29. The Labute approximate surface area is 88.1 Å². The molecule has 0 radical (unpaired) electrons. The summed E-state index contributed by atoms with van der Waals surface area (Å²) >= 11 is 0. The van der Waals surface area contributed by atoms with Crippen molar-refractivity contribution in [1.29, 1.82) is 0 Å². The summed E-state index contributed by atoms with van der Waals surface area (Å²) < 4.78 is 0. The van der Waals surface area contributed by atoms with Gasteiger partial charge in [-0.2, -0.15) is 0 Å². The smallest absolute Gasteiger partial charge is 0.0167 e. The van der Waals surface area contributed by atoms with Crippen LogP contribution < -0.4 is 5.32 Å². The van der Waals surface area contributed by atoms with E-state index in [1.807, 2.05) is 0 Å². The summed E-state index contributed by atoms with van der Waals surface area (Å²) in [4.78, 5) is 2.72. The fourth-order valence-corrected chi connectivity index (χ4v) is 3.04. The van der Waals surface area contributed by atoms with Crippen LogP contribution in [-0.4, -0.2) is 36.6 Å². The molecule has 1 saturated heterocycles. The van der Waals surface area contributed by atoms with Gasteiger partial charge < -0.3 is 5.32 Å². The van der Waals surface area contributed by atoms with Crippen molar-refractivity contribution < 1.29 is 0 Å². The van der Waals surface area contributed by atoms with Crippen LogP contribution in [-0.2, 0) is 0 Å². The first-order valence-corrected chi connectivity index (χ1v) is 6.27. The van der Waals surface area contributed by atoms with Crippen LogP contribution >= 0.6 is 0 Å². The van der Waals surface area contributed by atoms with Gasteiger partial charge in [-0.15, -0.1) is 0 Å². The van der Waals surface area contributed by atoms with Gasteiger partial charge in [-0.1, -0.05) is 13.3 Å². The summed E-state index contributed by atoms with van der Waals surface area (Å²) in [6.07, 6.45) is 5.77. The maximum absolute atomic E-state index is 3.52. The van der Waals surface area contributed by atoms with E-state index in [0.29, 0.717) is 6.04 Å². The molecule has 3 unspecified atom stereocenters. The molecule has 3 atom stereocenters. The Morgan fingerprint density at radius 2 is 2.21 bits per heavy atom. The van der Waals surface area contributed by atoms with Gasteiger partial charge >= 0.3 is 0 Å². The molecular formula is C12H24N2. The molecule has 1 saturated carbocycles. The predicted octanol–water partition coefficient (Wildman–Crippen LogP) is 1.86. The van der Waals surface area contributed by atoms with Gasteiger partial charge in [0.25, 0.3) is 0 Å². The average molecular weight is 196 g/mol. The maximum atomic E-state index is 3.52. The lowest BCUT2D eigenvalue weighted by Crippen LogP contribution is -2.52. The zero-order valence-electron chi connectivity index (χ0n) is 9.63. The van der Waals surface area contributed by atoms with Crippen LogP contribution in [0.1, 0.15) is 39.5 Å². The molecule has 2 heteroatoms. The van der Waals surface area contributed by atoms with Gasteiger partial charge in [-0.25, -0.2) is 0 Å². The predicted molar refractivity (Wildman–Crippen MR) is 60.5 cm³/mol. The Balaban J connectivity index is 1.83. The Hall–Kier alpha value is -0.0800. The molecule has 0 bridgehead atoms. The molecule has 82 valence electrons. The monoisotopic (exact) mass is 196 g/mol. The highest BCUT2D eigenvalue weighted by atomic mass is 15.2. The van der Waals surface area contributed by atoms with Crippen LogP contribution in [0, 0.1) is 5.92 Å². The fraction of sp³-hybridized carbons (Fsp3) is 1.00. The van der Waals surface area contributed by atoms with Crippen LogP contribution in [0.15, 0.2) is 0 Å². The van der Waals surface area contributed by atoms with Crippen molar-refractivity contribution in [2.75, 3.05) is 19.6 Å². The summed E-state index contributed by atoms with van der Waals surface area (Å²) in [5.41, 5.74) is 0. The third-order valence-corrected chi connectivity index (χ3v) is 4.01. The van der Waals surface area contributed by atoms with Gasteiger partial charge in [0.05, 0.1) is 0 Å². The first kappa shape index (κ1) is 10.4. The highest BCUT2D eigenvalue weighted by Crippen LogP contribution is 2.31. The van der Waals surface area contributed by atoms with Crippen molar-refractivity contribution >= 4 is 0 Å². The molecule has 0 spiro atoms. The minimum Gasteiger partial charge on any atom is -0.312 e. The molecular weight excluding hydrogens is 172 g/mol. The maximum Gasteiger partial charge on any atom is 0.0167 e. The van der Waals surface area contributed by atoms with E-state index in [9.17, 15) is 0 Å². The van der Waals surface area contributed by atoms with Crippen molar-refractivity contribution in [2.24, 2.45) is 5.92 Å². The van der Waals surface area contributed by atoms with Crippen molar-refractivity contribution in [3.05, 3.63) is 0 Å². The number of hydrogen-bond acceptors (Lipinski definition) is 2. The Morgan fingerprint density at radius 1 is 1.36 bits per heavy atom. The van der Waals surface area contributed by atoms with Gasteiger partial charge in [0.15, 0.2) is 0 Å². The second kappa shape index (κ2) is 4.63. The van der Waals surface area contributed by atoms with Gasteiger partial charge in [-0.3, -0.25) is 4.90 Å². The second-order valence-electron chi connectivity index (χ2n) is 5.09. The van der Waals surface area contributed by atoms with E-state index in [0.717, 1.165) is 12.0 Å². The largest absolute Gasteiger partial charge is 0.312 e. The van der Waals surface area contributed by atoms with Gasteiger partial charge in [0, 0.05) is 31.7 Å². The molecule has 0 aromatic heterocycles. The highest BCUT2D eigenvalue weighted by Gasteiger charge is 2.30. The van der Waals surface area contributed by atoms with E-state index >= 15 is 0 Å². The lowest BCUT2D eigenvalue weighted by molar-refractivity contribution is 0.147. The number of nitrogens with zero attached hydrogens (tertiary/aromatic N) is 1. The van der Waals surface area contributed by atoms with Gasteiger partial charge in [0.2, 0.25) is 0 Å². The summed E-state index contributed by atoms with van der Waals surface area (Å²) in [5.74, 6) is 1.02. The molecule has 14 heavy (non-hydrogen) atoms. The Kier molecular flexibility index (Phi) is 3.45. The molecule has 2 rings (SSSR count). The molecule has 2 fully saturated rings. The van der Waals surface area contributed by atoms with E-state index in [1.165, 1.54) is 45.3 Å². The molecule has 2 aliphatic rings. The van der Waals surface area contributed by atoms with Gasteiger partial charge in [0.1, 0.15) is 0 Å². The zero-order valence-corrected chi connectivity index (χ0v) is 9.63. The molecule has 1 heterocycles. The summed E-state index contributed by atoms with van der Waals surface area (Å²) in [6, 6.07) is 1.61. The van der Waals surface area contributed by atoms with Crippen LogP contribution in [0.2, 0.25) is 0 Å². The van der Waals surface area contributed by atoms with Crippen molar-refractivity contribution in [2.45, 2.75) is 51.6 Å². The Bertz CT molecular complexity index is 181. The summed E-state index contributed by atoms with van der Waals surface area (Å²) in [5, 5.41) is 3.52. The zero-order chi connectivity index (χ0) is 9.97. The van der Waals surface area contributed by atoms with Crippen molar-refractivity contribution in [3.8, 4) is 0 Å². The minimum absolute atomic E-state index is 0.699. The first-order chi connectivity index (χ1) is 6.79. The Morgan fingerprint density at radius 3 is 2.86 bits per heavy atom. The molecule has 0 aromatic carbocycles. The van der Waals surface area contributed by atoms with Crippen LogP contribution in [0.4, 0.5) is 0 Å². The van der Waals surface area contributed by atoms with E-state index in [4.69, 9.17) is 0 Å². The lowest BCUT2D eigenvalue weighted by atomic mass is 10.0. The minimum atomic E-state index is 0.699. The molecule has 2 nitrogen and oxygen atoms in total. The topological polar surface area (TPSA) is 15.3 Å². The number of rotatable bonds is 2. The molecule has 1 N–H and O–H groups in total. The normalized spacial score (nSPS) is 40.3. The third-order valence-electron chi connectivity index (χ3n) is 4.01. The van der Waals surface area contributed by atoms with Crippen LogP contribution in [0.3, 0.4) is 0 Å². The number of hydrogen-bond donors (Lipinski definition) is 1. The van der Waals surface area contributed by atoms with Crippen molar-refractivity contribution in [1.82, 2.24) is 10.2 Å². The fourth-order valence-electron chi connectivity index (χ4n) is 3.04. The molecule has 0 aromatic rings. The standard InChI is InChI=1S/C12H24N2/c1-3-11-4-5-12(8-11)14-7-6-13-10(2)9-14/h10-13H,3-9H2,1-2H3.